The largest absolute Gasteiger partial charge is 0.478 e. The van der Waals surface area contributed by atoms with Gasteiger partial charge in [0, 0.05) is 11.6 Å². The molecule has 2 rings (SSSR count). The van der Waals surface area contributed by atoms with E-state index in [9.17, 15) is 9.59 Å². The Morgan fingerprint density at radius 2 is 2.00 bits per heavy atom. The molecule has 1 aromatic heterocycles. The molecule has 2 N–H and O–H groups in total. The van der Waals surface area contributed by atoms with Gasteiger partial charge in [-0.15, -0.1) is 12.6 Å². The van der Waals surface area contributed by atoms with E-state index in [4.69, 9.17) is 10.4 Å². The molecule has 2 aromatic rings. The Bertz CT molecular complexity index is 759. The zero-order chi connectivity index (χ0) is 14.0. The van der Waals surface area contributed by atoms with Crippen molar-refractivity contribution in [3.05, 3.63) is 51.8 Å². The second-order valence-corrected chi connectivity index (χ2v) is 4.18. The minimum atomic E-state index is -1.12. The lowest BCUT2D eigenvalue weighted by molar-refractivity contribution is 0.0697. The summed E-state index contributed by atoms with van der Waals surface area (Å²) in [4.78, 5) is 25.0. The molecule has 1 heterocycles. The minimum absolute atomic E-state index is 0.0253. The number of nitriles is 1. The summed E-state index contributed by atoms with van der Waals surface area (Å²) in [5.41, 5.74) is 0.287. The molecule has 0 aliphatic carbocycles. The molecule has 0 fully saturated rings. The molecule has 0 saturated carbocycles. The number of nitrogens with one attached hydrogen (secondary N) is 1. The summed E-state index contributed by atoms with van der Waals surface area (Å²) in [6.45, 7) is 0. The van der Waals surface area contributed by atoms with Gasteiger partial charge in [-0.1, -0.05) is 18.2 Å². The van der Waals surface area contributed by atoms with Gasteiger partial charge in [0.05, 0.1) is 16.2 Å². The van der Waals surface area contributed by atoms with Gasteiger partial charge in [-0.2, -0.15) is 5.26 Å². The average Bonchev–Trinajstić information content (AvgIpc) is 2.37. The van der Waals surface area contributed by atoms with Crippen molar-refractivity contribution in [3.63, 3.8) is 0 Å². The first-order valence-electron chi connectivity index (χ1n) is 5.23. The highest BCUT2D eigenvalue weighted by molar-refractivity contribution is 7.80. The van der Waals surface area contributed by atoms with Crippen LogP contribution in [0.4, 0.5) is 0 Å². The number of carboxylic acids is 1. The van der Waals surface area contributed by atoms with E-state index >= 15 is 0 Å². The first-order valence-corrected chi connectivity index (χ1v) is 5.68. The lowest BCUT2D eigenvalue weighted by atomic mass is 9.97. The fraction of sp³-hybridized carbons (Fsp3) is 0. The van der Waals surface area contributed by atoms with Crippen molar-refractivity contribution in [1.29, 1.82) is 5.26 Å². The molecule has 0 atom stereocenters. The third-order valence-electron chi connectivity index (χ3n) is 2.58. The zero-order valence-corrected chi connectivity index (χ0v) is 10.4. The van der Waals surface area contributed by atoms with Gasteiger partial charge >= 0.3 is 5.97 Å². The van der Waals surface area contributed by atoms with Gasteiger partial charge < -0.3 is 10.1 Å². The smallest absolute Gasteiger partial charge is 0.336 e. The third kappa shape index (κ3) is 2.37. The van der Waals surface area contributed by atoms with Crippen molar-refractivity contribution in [1.82, 2.24) is 4.98 Å². The van der Waals surface area contributed by atoms with Crippen molar-refractivity contribution in [3.8, 4) is 17.2 Å². The Balaban J connectivity index is 2.84. The van der Waals surface area contributed by atoms with Crippen LogP contribution in [0.1, 0.15) is 15.9 Å². The number of benzene rings is 1. The van der Waals surface area contributed by atoms with Crippen LogP contribution in [0.3, 0.4) is 0 Å². The van der Waals surface area contributed by atoms with Gasteiger partial charge in [0.1, 0.15) is 6.07 Å². The maximum atomic E-state index is 11.5. The lowest BCUT2D eigenvalue weighted by Crippen LogP contribution is -2.09. The molecule has 6 heteroatoms. The first-order chi connectivity index (χ1) is 9.04. The number of rotatable bonds is 2. The summed E-state index contributed by atoms with van der Waals surface area (Å²) >= 11 is 4.03. The van der Waals surface area contributed by atoms with E-state index in [1.807, 2.05) is 6.07 Å². The second kappa shape index (κ2) is 5.00. The molecule has 0 amide bonds. The standard InChI is InChI=1S/C13H8N2O3S/c14-6-10-9(5-11(16)15-12(10)19)7-3-1-2-4-8(7)13(17)18/h1-5H,(H,17,18)(H2,15,16,19). The monoisotopic (exact) mass is 272 g/mol. The summed E-state index contributed by atoms with van der Waals surface area (Å²) in [6.07, 6.45) is 0. The number of carboxylic acid groups (broad SMARTS) is 1. The summed E-state index contributed by atoms with van der Waals surface area (Å²) in [5.74, 6) is -1.12. The summed E-state index contributed by atoms with van der Waals surface area (Å²) in [5, 5.41) is 18.4. The number of H-pyrrole nitrogens is 1. The molecule has 0 radical (unpaired) electrons. The lowest BCUT2D eigenvalue weighted by Gasteiger charge is -2.08. The Hall–Kier alpha value is -2.52. The Labute approximate surface area is 113 Å². The predicted molar refractivity (Wildman–Crippen MR) is 71.4 cm³/mol. The number of nitrogens with zero attached hydrogens (tertiary/aromatic N) is 1. The molecule has 0 aliphatic heterocycles. The molecule has 1 aromatic carbocycles. The van der Waals surface area contributed by atoms with Crippen LogP contribution in [-0.2, 0) is 0 Å². The topological polar surface area (TPSA) is 93.9 Å². The van der Waals surface area contributed by atoms with Crippen LogP contribution in [0.2, 0.25) is 0 Å². The van der Waals surface area contributed by atoms with Crippen LogP contribution >= 0.6 is 12.6 Å². The van der Waals surface area contributed by atoms with E-state index in [1.165, 1.54) is 12.1 Å². The van der Waals surface area contributed by atoms with E-state index in [-0.39, 0.29) is 21.7 Å². The molecule has 19 heavy (non-hydrogen) atoms. The van der Waals surface area contributed by atoms with Crippen LogP contribution in [0.15, 0.2) is 40.2 Å². The zero-order valence-electron chi connectivity index (χ0n) is 9.54. The number of aromatic nitrogens is 1. The molecule has 0 bridgehead atoms. The number of aromatic carboxylic acids is 1. The van der Waals surface area contributed by atoms with Crippen LogP contribution in [0, 0.1) is 11.3 Å². The molecule has 0 aliphatic rings. The highest BCUT2D eigenvalue weighted by atomic mass is 32.1. The fourth-order valence-electron chi connectivity index (χ4n) is 1.78. The van der Waals surface area contributed by atoms with E-state index in [0.29, 0.717) is 5.56 Å². The molecular formula is C13H8N2O3S. The minimum Gasteiger partial charge on any atom is -0.478 e. The Morgan fingerprint density at radius 1 is 1.32 bits per heavy atom. The summed E-state index contributed by atoms with van der Waals surface area (Å²) < 4.78 is 0. The van der Waals surface area contributed by atoms with Gasteiger partial charge in [-0.25, -0.2) is 4.79 Å². The number of hydrogen-bond acceptors (Lipinski definition) is 4. The highest BCUT2D eigenvalue weighted by Crippen LogP contribution is 2.28. The molecule has 0 unspecified atom stereocenters. The maximum absolute atomic E-state index is 11.5. The molecular weight excluding hydrogens is 264 g/mol. The van der Waals surface area contributed by atoms with Crippen LogP contribution in [-0.4, -0.2) is 16.1 Å². The fourth-order valence-corrected chi connectivity index (χ4v) is 2.06. The average molecular weight is 272 g/mol. The Kier molecular flexibility index (Phi) is 3.40. The van der Waals surface area contributed by atoms with Gasteiger partial charge in [0.15, 0.2) is 0 Å². The van der Waals surface area contributed by atoms with Gasteiger partial charge in [-0.3, -0.25) is 4.79 Å². The Morgan fingerprint density at radius 3 is 2.63 bits per heavy atom. The van der Waals surface area contributed by atoms with Crippen molar-refractivity contribution in [2.45, 2.75) is 5.03 Å². The molecule has 0 spiro atoms. The SMILES string of the molecule is N#Cc1c(-c2ccccc2C(=O)O)cc(=O)[nH]c1S. The van der Waals surface area contributed by atoms with Crippen LogP contribution < -0.4 is 5.56 Å². The van der Waals surface area contributed by atoms with Crippen LogP contribution in [0.25, 0.3) is 11.1 Å². The highest BCUT2D eigenvalue weighted by Gasteiger charge is 2.16. The normalized spacial score (nSPS) is 9.89. The maximum Gasteiger partial charge on any atom is 0.336 e. The number of aromatic amines is 1. The van der Waals surface area contributed by atoms with Gasteiger partial charge in [0.25, 0.3) is 0 Å². The van der Waals surface area contributed by atoms with Crippen molar-refractivity contribution in [2.75, 3.05) is 0 Å². The van der Waals surface area contributed by atoms with Crippen molar-refractivity contribution >= 4 is 18.6 Å². The van der Waals surface area contributed by atoms with Crippen LogP contribution in [0.5, 0.6) is 0 Å². The van der Waals surface area contributed by atoms with Crippen molar-refractivity contribution in [2.24, 2.45) is 0 Å². The molecule has 5 nitrogen and oxygen atoms in total. The predicted octanol–water partition coefficient (Wildman–Crippen LogP) is 1.90. The first kappa shape index (κ1) is 12.9. The van der Waals surface area contributed by atoms with Gasteiger partial charge in [-0.05, 0) is 11.6 Å². The number of pyridine rings is 1. The van der Waals surface area contributed by atoms with Gasteiger partial charge in [0.2, 0.25) is 5.56 Å². The van der Waals surface area contributed by atoms with Crippen molar-refractivity contribution < 1.29 is 9.90 Å². The summed E-state index contributed by atoms with van der Waals surface area (Å²) in [6, 6.07) is 9.29. The molecule has 94 valence electrons. The molecule has 0 saturated heterocycles. The van der Waals surface area contributed by atoms with E-state index in [2.05, 4.69) is 17.6 Å². The number of hydrogen-bond donors (Lipinski definition) is 3. The quantitative estimate of drug-likeness (QED) is 0.728. The number of carbonyl (C=O) groups is 1. The van der Waals surface area contributed by atoms with E-state index in [0.717, 1.165) is 0 Å². The van der Waals surface area contributed by atoms with E-state index in [1.54, 1.807) is 18.2 Å². The third-order valence-corrected chi connectivity index (χ3v) is 2.92. The second-order valence-electron chi connectivity index (χ2n) is 3.73. The number of thiol groups is 1. The summed E-state index contributed by atoms with van der Waals surface area (Å²) in [7, 11) is 0. The van der Waals surface area contributed by atoms with E-state index < -0.39 is 11.5 Å².